The fraction of sp³-hybridized carbons (Fsp3) is 0.167. The van der Waals surface area contributed by atoms with E-state index in [2.05, 4.69) is 22.0 Å². The predicted octanol–water partition coefficient (Wildman–Crippen LogP) is 4.91. The van der Waals surface area contributed by atoms with Gasteiger partial charge in [-0.1, -0.05) is 35.4 Å². The average molecular weight is 387 g/mol. The fourth-order valence-electron chi connectivity index (χ4n) is 3.02. The van der Waals surface area contributed by atoms with E-state index >= 15 is 0 Å². The highest BCUT2D eigenvalue weighted by molar-refractivity contribution is 6.04. The molecule has 0 heterocycles. The lowest BCUT2D eigenvalue weighted by Gasteiger charge is -2.11. The van der Waals surface area contributed by atoms with E-state index in [1.54, 1.807) is 30.3 Å². The molecule has 0 saturated heterocycles. The molecule has 5 nitrogen and oxygen atoms in total. The van der Waals surface area contributed by atoms with E-state index in [4.69, 9.17) is 0 Å². The smallest absolute Gasteiger partial charge is 0.255 e. The Morgan fingerprint density at radius 2 is 1.41 bits per heavy atom. The van der Waals surface area contributed by atoms with Gasteiger partial charge >= 0.3 is 0 Å². The Labute approximate surface area is 171 Å². The molecule has 3 aromatic carbocycles. The highest BCUT2D eigenvalue weighted by Gasteiger charge is 2.07. The van der Waals surface area contributed by atoms with Crippen molar-refractivity contribution in [3.05, 3.63) is 89.0 Å². The van der Waals surface area contributed by atoms with Crippen LogP contribution in [0.15, 0.2) is 66.7 Å². The van der Waals surface area contributed by atoms with Gasteiger partial charge in [0.25, 0.3) is 5.91 Å². The second-order valence-corrected chi connectivity index (χ2v) is 7.12. The van der Waals surface area contributed by atoms with Crippen molar-refractivity contribution in [2.24, 2.45) is 0 Å². The van der Waals surface area contributed by atoms with Crippen LogP contribution in [-0.4, -0.2) is 18.4 Å². The van der Waals surface area contributed by atoms with Crippen molar-refractivity contribution in [1.29, 1.82) is 0 Å². The molecule has 3 N–H and O–H groups in total. The molecule has 0 aliphatic rings. The van der Waals surface area contributed by atoms with Gasteiger partial charge in [0, 0.05) is 22.6 Å². The zero-order chi connectivity index (χ0) is 20.8. The lowest BCUT2D eigenvalue weighted by molar-refractivity contribution is -0.114. The molecule has 3 aromatic rings. The first-order valence-electron chi connectivity index (χ1n) is 9.50. The number of carbonyl (C=O) groups is 2. The van der Waals surface area contributed by atoms with Crippen molar-refractivity contribution in [1.82, 2.24) is 0 Å². The van der Waals surface area contributed by atoms with Crippen LogP contribution in [0.25, 0.3) is 0 Å². The minimum Gasteiger partial charge on any atom is -0.376 e. The van der Waals surface area contributed by atoms with Crippen LogP contribution in [0.1, 0.15) is 27.0 Å². The molecule has 0 fully saturated rings. The second-order valence-electron chi connectivity index (χ2n) is 7.12. The molecule has 3 rings (SSSR count). The number of hydrogen-bond donors (Lipinski definition) is 3. The number of hydrogen-bond acceptors (Lipinski definition) is 3. The molecule has 0 bridgehead atoms. The number of rotatable bonds is 6. The highest BCUT2D eigenvalue weighted by atomic mass is 16.2. The van der Waals surface area contributed by atoms with Gasteiger partial charge in [0.05, 0.1) is 6.54 Å². The largest absolute Gasteiger partial charge is 0.376 e. The van der Waals surface area contributed by atoms with Crippen LogP contribution in [0.5, 0.6) is 0 Å². The Morgan fingerprint density at radius 1 is 0.759 bits per heavy atom. The molecule has 5 heteroatoms. The maximum Gasteiger partial charge on any atom is 0.255 e. The first-order chi connectivity index (χ1) is 13.9. The Morgan fingerprint density at radius 3 is 2.07 bits per heavy atom. The summed E-state index contributed by atoms with van der Waals surface area (Å²) in [6.45, 7) is 6.17. The van der Waals surface area contributed by atoms with E-state index in [0.717, 1.165) is 16.8 Å². The molecular weight excluding hydrogens is 362 g/mol. The maximum atomic E-state index is 12.3. The van der Waals surface area contributed by atoms with Crippen LogP contribution in [0, 0.1) is 20.8 Å². The van der Waals surface area contributed by atoms with Crippen LogP contribution in [0.4, 0.5) is 17.1 Å². The van der Waals surface area contributed by atoms with Gasteiger partial charge in [0.2, 0.25) is 5.91 Å². The molecule has 0 atom stereocenters. The second kappa shape index (κ2) is 9.06. The van der Waals surface area contributed by atoms with Crippen LogP contribution >= 0.6 is 0 Å². The summed E-state index contributed by atoms with van der Waals surface area (Å²) in [6, 6.07) is 20.5. The van der Waals surface area contributed by atoms with Crippen molar-refractivity contribution >= 4 is 28.9 Å². The zero-order valence-corrected chi connectivity index (χ0v) is 16.9. The lowest BCUT2D eigenvalue weighted by atomic mass is 10.1. The molecule has 0 saturated carbocycles. The molecule has 0 radical (unpaired) electrons. The molecule has 2 amide bonds. The van der Waals surface area contributed by atoms with Crippen molar-refractivity contribution in [3.63, 3.8) is 0 Å². The number of benzene rings is 3. The molecule has 0 spiro atoms. The zero-order valence-electron chi connectivity index (χ0n) is 16.9. The molecular formula is C24H25N3O2. The molecule has 0 aliphatic carbocycles. The quantitative estimate of drug-likeness (QED) is 0.562. The maximum absolute atomic E-state index is 12.3. The van der Waals surface area contributed by atoms with E-state index in [1.165, 1.54) is 5.56 Å². The summed E-state index contributed by atoms with van der Waals surface area (Å²) in [5, 5.41) is 8.86. The summed E-state index contributed by atoms with van der Waals surface area (Å²) in [5.74, 6) is -0.301. The van der Waals surface area contributed by atoms with Crippen LogP contribution in [0.3, 0.4) is 0 Å². The summed E-state index contributed by atoms with van der Waals surface area (Å²) in [5.41, 5.74) is 6.22. The van der Waals surface area contributed by atoms with Gasteiger partial charge in [-0.2, -0.15) is 0 Å². The normalized spacial score (nSPS) is 10.3. The molecule has 0 aromatic heterocycles. The molecule has 29 heavy (non-hydrogen) atoms. The summed E-state index contributed by atoms with van der Waals surface area (Å²) in [4.78, 5) is 24.5. The first kappa shape index (κ1) is 20.1. The summed E-state index contributed by atoms with van der Waals surface area (Å²) in [7, 11) is 0. The van der Waals surface area contributed by atoms with Crippen LogP contribution < -0.4 is 16.0 Å². The number of carbonyl (C=O) groups excluding carboxylic acids is 2. The van der Waals surface area contributed by atoms with Gasteiger partial charge in [0.15, 0.2) is 0 Å². The third kappa shape index (κ3) is 5.69. The van der Waals surface area contributed by atoms with Gasteiger partial charge in [-0.3, -0.25) is 9.59 Å². The average Bonchev–Trinajstić information content (AvgIpc) is 2.69. The Kier molecular flexibility index (Phi) is 6.29. The predicted molar refractivity (Wildman–Crippen MR) is 119 cm³/mol. The van der Waals surface area contributed by atoms with Crippen molar-refractivity contribution in [2.45, 2.75) is 20.8 Å². The van der Waals surface area contributed by atoms with E-state index in [0.29, 0.717) is 16.9 Å². The Hall–Kier alpha value is -3.60. The third-order valence-corrected chi connectivity index (χ3v) is 4.53. The van der Waals surface area contributed by atoms with E-state index in [1.807, 2.05) is 51.1 Å². The van der Waals surface area contributed by atoms with Crippen LogP contribution in [-0.2, 0) is 4.79 Å². The van der Waals surface area contributed by atoms with E-state index in [-0.39, 0.29) is 18.4 Å². The van der Waals surface area contributed by atoms with Gasteiger partial charge < -0.3 is 16.0 Å². The number of aryl methyl sites for hydroxylation is 3. The number of anilines is 3. The molecule has 148 valence electrons. The fourth-order valence-corrected chi connectivity index (χ4v) is 3.02. The van der Waals surface area contributed by atoms with Gasteiger partial charge in [-0.05, 0) is 68.8 Å². The molecule has 0 aliphatic heterocycles. The Bertz CT molecular complexity index is 1030. The molecule has 0 unspecified atom stereocenters. The van der Waals surface area contributed by atoms with E-state index < -0.39 is 0 Å². The Balaban J connectivity index is 1.53. The van der Waals surface area contributed by atoms with Gasteiger partial charge in [0.1, 0.15) is 0 Å². The topological polar surface area (TPSA) is 70.2 Å². The lowest BCUT2D eigenvalue weighted by Crippen LogP contribution is -2.22. The summed E-state index contributed by atoms with van der Waals surface area (Å²) < 4.78 is 0. The summed E-state index contributed by atoms with van der Waals surface area (Å²) in [6.07, 6.45) is 0. The van der Waals surface area contributed by atoms with Gasteiger partial charge in [-0.15, -0.1) is 0 Å². The highest BCUT2D eigenvalue weighted by Crippen LogP contribution is 2.17. The van der Waals surface area contributed by atoms with Crippen LogP contribution in [0.2, 0.25) is 0 Å². The van der Waals surface area contributed by atoms with Crippen molar-refractivity contribution in [3.8, 4) is 0 Å². The summed E-state index contributed by atoms with van der Waals surface area (Å²) >= 11 is 0. The SMILES string of the molecule is Cc1cccc(C(=O)Nc2ccc(NC(=O)CNc3ccc(C)cc3C)cc2)c1. The minimum absolute atomic E-state index is 0.137. The monoisotopic (exact) mass is 387 g/mol. The third-order valence-electron chi connectivity index (χ3n) is 4.53. The first-order valence-corrected chi connectivity index (χ1v) is 9.50. The minimum atomic E-state index is -0.164. The van der Waals surface area contributed by atoms with Gasteiger partial charge in [-0.25, -0.2) is 0 Å². The standard InChI is InChI=1S/C24H25N3O2/c1-16-5-4-6-19(14-16)24(29)27-21-10-8-20(9-11-21)26-23(28)15-25-22-12-7-17(2)13-18(22)3/h4-14,25H,15H2,1-3H3,(H,26,28)(H,27,29). The van der Waals surface area contributed by atoms with E-state index in [9.17, 15) is 9.59 Å². The number of amides is 2. The van der Waals surface area contributed by atoms with Crippen molar-refractivity contribution in [2.75, 3.05) is 22.5 Å². The van der Waals surface area contributed by atoms with Crippen molar-refractivity contribution < 1.29 is 9.59 Å². The number of nitrogens with one attached hydrogen (secondary N) is 3.